The molecule has 0 aliphatic carbocycles. The van der Waals surface area contributed by atoms with Crippen molar-refractivity contribution in [3.8, 4) is 11.8 Å². The molecule has 0 saturated heterocycles. The van der Waals surface area contributed by atoms with Gasteiger partial charge in [0.25, 0.3) is 0 Å². The van der Waals surface area contributed by atoms with Crippen molar-refractivity contribution in [2.45, 2.75) is 31.3 Å². The molecule has 0 bridgehead atoms. The van der Waals surface area contributed by atoms with Crippen molar-refractivity contribution in [2.24, 2.45) is 0 Å². The number of nitrogens with zero attached hydrogens (tertiary/aromatic N) is 3. The Kier molecular flexibility index (Phi) is 5.65. The fourth-order valence-corrected chi connectivity index (χ4v) is 4.52. The lowest BCUT2D eigenvalue weighted by molar-refractivity contribution is 0.408. The lowest BCUT2D eigenvalue weighted by Crippen LogP contribution is -2.29. The van der Waals surface area contributed by atoms with Crippen molar-refractivity contribution in [3.63, 3.8) is 0 Å². The van der Waals surface area contributed by atoms with E-state index in [1.807, 2.05) is 12.1 Å². The van der Waals surface area contributed by atoms with Crippen molar-refractivity contribution in [2.75, 3.05) is 0 Å². The van der Waals surface area contributed by atoms with Crippen LogP contribution in [0, 0.1) is 17.5 Å². The third-order valence-corrected chi connectivity index (χ3v) is 6.34. The zero-order valence-corrected chi connectivity index (χ0v) is 17.8. The maximum Gasteiger partial charge on any atom is 0.322 e. The summed E-state index contributed by atoms with van der Waals surface area (Å²) in [5.74, 6) is -3.70. The summed E-state index contributed by atoms with van der Waals surface area (Å²) >= 11 is 0. The van der Waals surface area contributed by atoms with E-state index >= 15 is 0 Å². The van der Waals surface area contributed by atoms with Crippen LogP contribution in [0.3, 0.4) is 0 Å². The zero-order chi connectivity index (χ0) is 23.0. The second-order valence-corrected chi connectivity index (χ2v) is 8.64. The van der Waals surface area contributed by atoms with Gasteiger partial charge in [-0.05, 0) is 43.5 Å². The Balaban J connectivity index is 1.59. The van der Waals surface area contributed by atoms with E-state index in [2.05, 4.69) is 19.9 Å². The van der Waals surface area contributed by atoms with Crippen LogP contribution in [0.4, 0.5) is 13.2 Å². The summed E-state index contributed by atoms with van der Waals surface area (Å²) in [6.45, 7) is 3.58. The molecule has 0 aliphatic heterocycles. The first-order valence-corrected chi connectivity index (χ1v) is 11.0. The zero-order valence-electron chi connectivity index (χ0n) is 16.9. The smallest absolute Gasteiger partial charge is 0.322 e. The lowest BCUT2D eigenvalue weighted by atomic mass is 10.2. The summed E-state index contributed by atoms with van der Waals surface area (Å²) in [5, 5.41) is 8.97. The first-order chi connectivity index (χ1) is 15.2. The quantitative estimate of drug-likeness (QED) is 0.401. The van der Waals surface area contributed by atoms with Gasteiger partial charge in [-0.25, -0.2) is 26.3 Å². The summed E-state index contributed by atoms with van der Waals surface area (Å²) in [7, 11) is -4.53. The van der Waals surface area contributed by atoms with Gasteiger partial charge in [0.2, 0.25) is 10.0 Å². The van der Waals surface area contributed by atoms with E-state index in [0.717, 1.165) is 10.9 Å². The number of hydrogen-bond donors (Lipinski definition) is 2. The minimum Gasteiger partial charge on any atom is -0.424 e. The van der Waals surface area contributed by atoms with Crippen LogP contribution in [-0.4, -0.2) is 28.2 Å². The maximum atomic E-state index is 14.0. The van der Waals surface area contributed by atoms with Crippen LogP contribution in [-0.2, 0) is 16.6 Å². The standard InChI is InChI=1S/C20H18F3N5O3S/c1-3-28-19(11(2)27-32(29,30)18-10-15(22)14(21)9-16(18)23)25-26-20(28)31-13-5-4-12-6-7-24-17(12)8-13/h4-11,24,27H,3H2,1-2H3/t11-/m1/s1. The number of aromatic nitrogens is 4. The van der Waals surface area contributed by atoms with E-state index in [0.29, 0.717) is 12.3 Å². The average molecular weight is 465 g/mol. The minimum absolute atomic E-state index is 0.124. The predicted octanol–water partition coefficient (Wildman–Crippen LogP) is 4.03. The Morgan fingerprint density at radius 3 is 2.59 bits per heavy atom. The first-order valence-electron chi connectivity index (χ1n) is 9.54. The van der Waals surface area contributed by atoms with Gasteiger partial charge in [-0.1, -0.05) is 5.10 Å². The number of halogens is 3. The number of sulfonamides is 1. The molecule has 2 heterocycles. The molecule has 8 nitrogen and oxygen atoms in total. The average Bonchev–Trinajstić information content (AvgIpc) is 3.36. The van der Waals surface area contributed by atoms with Gasteiger partial charge in [-0.2, -0.15) is 0 Å². The van der Waals surface area contributed by atoms with Crippen LogP contribution >= 0.6 is 0 Å². The van der Waals surface area contributed by atoms with Crippen LogP contribution < -0.4 is 9.46 Å². The molecule has 0 spiro atoms. The van der Waals surface area contributed by atoms with Gasteiger partial charge in [0.15, 0.2) is 17.5 Å². The van der Waals surface area contributed by atoms with Gasteiger partial charge in [0, 0.05) is 30.4 Å². The fourth-order valence-electron chi connectivity index (χ4n) is 3.25. The number of hydrogen-bond acceptors (Lipinski definition) is 5. The van der Waals surface area contributed by atoms with Crippen molar-refractivity contribution in [1.29, 1.82) is 0 Å². The van der Waals surface area contributed by atoms with E-state index < -0.39 is 38.4 Å². The van der Waals surface area contributed by atoms with Crippen molar-refractivity contribution >= 4 is 20.9 Å². The fraction of sp³-hybridized carbons (Fsp3) is 0.200. The molecule has 4 aromatic rings. The molecule has 0 amide bonds. The van der Waals surface area contributed by atoms with Gasteiger partial charge in [-0.3, -0.25) is 4.57 Å². The molecule has 2 aromatic carbocycles. The van der Waals surface area contributed by atoms with E-state index in [1.165, 1.54) is 11.5 Å². The summed E-state index contributed by atoms with van der Waals surface area (Å²) in [4.78, 5) is 2.06. The van der Waals surface area contributed by atoms with Gasteiger partial charge in [-0.15, -0.1) is 5.10 Å². The van der Waals surface area contributed by atoms with E-state index in [9.17, 15) is 21.6 Å². The second kappa shape index (κ2) is 8.28. The molecule has 1 atom stereocenters. The molecular formula is C20H18F3N5O3S. The molecule has 12 heteroatoms. The molecule has 2 N–H and O–H groups in total. The van der Waals surface area contributed by atoms with Crippen LogP contribution in [0.2, 0.25) is 0 Å². The van der Waals surface area contributed by atoms with Crippen LogP contribution in [0.15, 0.2) is 47.5 Å². The second-order valence-electron chi connectivity index (χ2n) is 6.95. The Hall–Kier alpha value is -3.38. The summed E-state index contributed by atoms with van der Waals surface area (Å²) in [5.41, 5.74) is 0.861. The minimum atomic E-state index is -4.53. The van der Waals surface area contributed by atoms with Crippen molar-refractivity contribution in [1.82, 2.24) is 24.5 Å². The predicted molar refractivity (Wildman–Crippen MR) is 109 cm³/mol. The van der Waals surface area contributed by atoms with E-state index in [-0.39, 0.29) is 24.0 Å². The molecule has 0 aliphatic rings. The highest BCUT2D eigenvalue weighted by atomic mass is 32.2. The van der Waals surface area contributed by atoms with Crippen LogP contribution in [0.5, 0.6) is 11.8 Å². The number of benzene rings is 2. The number of fused-ring (bicyclic) bond motifs is 1. The van der Waals surface area contributed by atoms with Crippen molar-refractivity contribution in [3.05, 3.63) is 65.9 Å². The third-order valence-electron chi connectivity index (χ3n) is 4.78. The third kappa shape index (κ3) is 4.06. The summed E-state index contributed by atoms with van der Waals surface area (Å²) in [6.07, 6.45) is 1.80. The van der Waals surface area contributed by atoms with E-state index in [4.69, 9.17) is 4.74 Å². The Morgan fingerprint density at radius 2 is 1.84 bits per heavy atom. The Labute approximate surface area is 181 Å². The molecule has 0 unspecified atom stereocenters. The highest BCUT2D eigenvalue weighted by molar-refractivity contribution is 7.89. The molecule has 2 aromatic heterocycles. The summed E-state index contributed by atoms with van der Waals surface area (Å²) < 4.78 is 75.3. The normalized spacial score (nSPS) is 12.9. The van der Waals surface area contributed by atoms with Gasteiger partial charge in [0.05, 0.1) is 6.04 Å². The number of aromatic amines is 1. The first kappa shape index (κ1) is 21.8. The SMILES string of the molecule is CCn1c(Oc2ccc3cc[nH]c3c2)nnc1[C@@H](C)NS(=O)(=O)c1cc(F)c(F)cc1F. The largest absolute Gasteiger partial charge is 0.424 e. The topological polar surface area (TPSA) is 102 Å². The molecule has 4 rings (SSSR count). The molecule has 0 radical (unpaired) electrons. The van der Waals surface area contributed by atoms with Gasteiger partial charge >= 0.3 is 6.01 Å². The monoisotopic (exact) mass is 465 g/mol. The Morgan fingerprint density at radius 1 is 1.09 bits per heavy atom. The Bertz CT molecular complexity index is 1400. The van der Waals surface area contributed by atoms with E-state index in [1.54, 1.807) is 25.3 Å². The number of ether oxygens (including phenoxy) is 1. The molecular weight excluding hydrogens is 447 g/mol. The summed E-state index contributed by atoms with van der Waals surface area (Å²) in [6, 6.07) is 6.91. The van der Waals surface area contributed by atoms with Crippen LogP contribution in [0.1, 0.15) is 25.7 Å². The van der Waals surface area contributed by atoms with Gasteiger partial charge in [0.1, 0.15) is 16.5 Å². The molecule has 168 valence electrons. The van der Waals surface area contributed by atoms with Crippen molar-refractivity contribution < 1.29 is 26.3 Å². The molecule has 0 saturated carbocycles. The molecule has 0 fully saturated rings. The van der Waals surface area contributed by atoms with Crippen LogP contribution in [0.25, 0.3) is 10.9 Å². The lowest BCUT2D eigenvalue weighted by Gasteiger charge is -2.16. The maximum absolute atomic E-state index is 14.0. The molecule has 32 heavy (non-hydrogen) atoms. The highest BCUT2D eigenvalue weighted by Gasteiger charge is 2.27. The highest BCUT2D eigenvalue weighted by Crippen LogP contribution is 2.27. The number of rotatable bonds is 7. The number of H-pyrrole nitrogens is 1. The van der Waals surface area contributed by atoms with Gasteiger partial charge < -0.3 is 9.72 Å². The number of nitrogens with one attached hydrogen (secondary N) is 2.